The number of anilines is 1. The minimum Gasteiger partial charge on any atom is -0.478 e. The molecule has 0 atom stereocenters. The maximum Gasteiger partial charge on any atom is 0.339 e. The number of aliphatic carboxylic acids is 1. The van der Waals surface area contributed by atoms with Crippen LogP contribution in [0.2, 0.25) is 0 Å². The van der Waals surface area contributed by atoms with Crippen LogP contribution in [0.5, 0.6) is 0 Å². The van der Waals surface area contributed by atoms with E-state index in [0.717, 1.165) is 6.08 Å². The Balaban J connectivity index is 2.70. The van der Waals surface area contributed by atoms with Gasteiger partial charge in [0.15, 0.2) is 0 Å². The summed E-state index contributed by atoms with van der Waals surface area (Å²) in [6, 6.07) is 6.86. The molecule has 0 bridgehead atoms. The van der Waals surface area contributed by atoms with Gasteiger partial charge in [0.25, 0.3) is 0 Å². The van der Waals surface area contributed by atoms with E-state index in [1.165, 1.54) is 13.2 Å². The van der Waals surface area contributed by atoms with Crippen LogP contribution in [-0.4, -0.2) is 30.7 Å². The number of carbonyl (C=O) groups is 2. The second-order valence-electron chi connectivity index (χ2n) is 3.16. The van der Waals surface area contributed by atoms with Crippen molar-refractivity contribution >= 4 is 17.6 Å². The van der Waals surface area contributed by atoms with Crippen LogP contribution in [-0.2, 0) is 9.53 Å². The second kappa shape index (κ2) is 6.32. The Morgan fingerprint density at radius 3 is 2.76 bits per heavy atom. The minimum absolute atomic E-state index is 0.320. The first-order valence-electron chi connectivity index (χ1n) is 4.96. The van der Waals surface area contributed by atoms with Gasteiger partial charge in [0, 0.05) is 18.3 Å². The molecule has 0 heterocycles. The van der Waals surface area contributed by atoms with Gasteiger partial charge < -0.3 is 15.2 Å². The fourth-order valence-electron chi connectivity index (χ4n) is 1.25. The average molecular weight is 235 g/mol. The van der Waals surface area contributed by atoms with Crippen LogP contribution in [0.15, 0.2) is 36.4 Å². The number of rotatable bonds is 5. The lowest BCUT2D eigenvalue weighted by molar-refractivity contribution is -0.131. The van der Waals surface area contributed by atoms with Crippen molar-refractivity contribution in [1.29, 1.82) is 0 Å². The molecular formula is C12H13NO4. The van der Waals surface area contributed by atoms with Crippen molar-refractivity contribution in [2.45, 2.75) is 0 Å². The van der Waals surface area contributed by atoms with E-state index in [2.05, 4.69) is 10.1 Å². The number of carboxylic acids is 1. The zero-order valence-electron chi connectivity index (χ0n) is 9.34. The van der Waals surface area contributed by atoms with E-state index in [1.54, 1.807) is 24.3 Å². The molecule has 5 heteroatoms. The molecule has 0 unspecified atom stereocenters. The first kappa shape index (κ1) is 12.8. The molecule has 0 fully saturated rings. The monoisotopic (exact) mass is 235 g/mol. The first-order chi connectivity index (χ1) is 8.15. The smallest absolute Gasteiger partial charge is 0.339 e. The van der Waals surface area contributed by atoms with Gasteiger partial charge in [-0.2, -0.15) is 0 Å². The Morgan fingerprint density at radius 1 is 1.41 bits per heavy atom. The molecule has 0 spiro atoms. The van der Waals surface area contributed by atoms with Crippen molar-refractivity contribution in [1.82, 2.24) is 0 Å². The van der Waals surface area contributed by atoms with E-state index in [1.807, 2.05) is 0 Å². The largest absolute Gasteiger partial charge is 0.478 e. The molecule has 2 N–H and O–H groups in total. The number of nitrogens with one attached hydrogen (secondary N) is 1. The van der Waals surface area contributed by atoms with Crippen LogP contribution in [0.3, 0.4) is 0 Å². The molecule has 17 heavy (non-hydrogen) atoms. The predicted octanol–water partition coefficient (Wildman–Crippen LogP) is 1.53. The van der Waals surface area contributed by atoms with Gasteiger partial charge in [-0.3, -0.25) is 0 Å². The molecule has 0 aliphatic carbocycles. The van der Waals surface area contributed by atoms with Crippen molar-refractivity contribution in [3.8, 4) is 0 Å². The van der Waals surface area contributed by atoms with Crippen molar-refractivity contribution in [2.24, 2.45) is 0 Å². The third-order valence-corrected chi connectivity index (χ3v) is 2.00. The minimum atomic E-state index is -1.01. The summed E-state index contributed by atoms with van der Waals surface area (Å²) in [4.78, 5) is 21.6. The summed E-state index contributed by atoms with van der Waals surface area (Å²) >= 11 is 0. The molecule has 0 aliphatic heterocycles. The van der Waals surface area contributed by atoms with E-state index in [-0.39, 0.29) is 0 Å². The number of para-hydroxylation sites is 1. The highest BCUT2D eigenvalue weighted by Gasteiger charge is 2.09. The molecule has 0 aliphatic rings. The first-order valence-corrected chi connectivity index (χ1v) is 4.96. The Kier molecular flexibility index (Phi) is 4.75. The van der Waals surface area contributed by atoms with Gasteiger partial charge in [0.1, 0.15) is 0 Å². The number of carbonyl (C=O) groups excluding carboxylic acids is 1. The zero-order valence-corrected chi connectivity index (χ0v) is 9.34. The molecule has 1 aromatic rings. The lowest BCUT2D eigenvalue weighted by Gasteiger charge is -2.08. The molecule has 1 rings (SSSR count). The van der Waals surface area contributed by atoms with Crippen LogP contribution in [0.25, 0.3) is 0 Å². The highest BCUT2D eigenvalue weighted by atomic mass is 16.5. The predicted molar refractivity (Wildman–Crippen MR) is 63.0 cm³/mol. The molecule has 0 aromatic heterocycles. The summed E-state index contributed by atoms with van der Waals surface area (Å²) in [7, 11) is 1.31. The fraction of sp³-hybridized carbons (Fsp3) is 0.167. The molecule has 5 nitrogen and oxygen atoms in total. The van der Waals surface area contributed by atoms with Gasteiger partial charge in [-0.05, 0) is 12.1 Å². The van der Waals surface area contributed by atoms with Gasteiger partial charge in [0.05, 0.1) is 12.7 Å². The summed E-state index contributed by atoms with van der Waals surface area (Å²) in [6.07, 6.45) is 2.49. The van der Waals surface area contributed by atoms with Crippen molar-refractivity contribution < 1.29 is 19.4 Å². The molecule has 0 radical (unpaired) electrons. The van der Waals surface area contributed by atoms with Crippen LogP contribution in [0.1, 0.15) is 10.4 Å². The zero-order chi connectivity index (χ0) is 12.7. The topological polar surface area (TPSA) is 75.6 Å². The van der Waals surface area contributed by atoms with Crippen molar-refractivity contribution in [3.05, 3.63) is 42.0 Å². The molecule has 0 saturated heterocycles. The third kappa shape index (κ3) is 3.98. The Hall–Kier alpha value is -2.30. The summed E-state index contributed by atoms with van der Waals surface area (Å²) in [5, 5.41) is 11.3. The lowest BCUT2D eigenvalue weighted by atomic mass is 10.2. The number of hydrogen-bond acceptors (Lipinski definition) is 4. The highest BCUT2D eigenvalue weighted by Crippen LogP contribution is 2.15. The van der Waals surface area contributed by atoms with E-state index in [0.29, 0.717) is 17.8 Å². The Bertz CT molecular complexity index is 440. The average Bonchev–Trinajstić information content (AvgIpc) is 2.34. The van der Waals surface area contributed by atoms with E-state index >= 15 is 0 Å². The van der Waals surface area contributed by atoms with Gasteiger partial charge in [0.2, 0.25) is 0 Å². The summed E-state index contributed by atoms with van der Waals surface area (Å²) in [6.45, 7) is 0.320. The molecule has 0 amide bonds. The number of hydrogen-bond donors (Lipinski definition) is 2. The van der Waals surface area contributed by atoms with Crippen LogP contribution >= 0.6 is 0 Å². The third-order valence-electron chi connectivity index (χ3n) is 2.00. The maximum atomic E-state index is 11.4. The standard InChI is InChI=1S/C12H13NO4/c1-17-12(16)9-5-2-3-6-10(9)13-8-4-7-11(14)15/h2-7,13H,8H2,1H3,(H,14,15)/b7-4+. The Morgan fingerprint density at radius 2 is 2.12 bits per heavy atom. The number of carboxylic acid groups (broad SMARTS) is 1. The molecule has 0 saturated carbocycles. The van der Waals surface area contributed by atoms with Gasteiger partial charge in [-0.15, -0.1) is 0 Å². The highest BCUT2D eigenvalue weighted by molar-refractivity contribution is 5.95. The quantitative estimate of drug-likeness (QED) is 0.598. The SMILES string of the molecule is COC(=O)c1ccccc1NC/C=C/C(=O)O. The maximum absolute atomic E-state index is 11.4. The van der Waals surface area contributed by atoms with Crippen LogP contribution in [0.4, 0.5) is 5.69 Å². The lowest BCUT2D eigenvalue weighted by Crippen LogP contribution is -2.08. The fourth-order valence-corrected chi connectivity index (χ4v) is 1.25. The van der Waals surface area contributed by atoms with Crippen LogP contribution in [0, 0.1) is 0 Å². The number of ether oxygens (including phenoxy) is 1. The number of methoxy groups -OCH3 is 1. The summed E-state index contributed by atoms with van der Waals surface area (Å²) < 4.78 is 4.63. The number of benzene rings is 1. The summed E-state index contributed by atoms with van der Waals surface area (Å²) in [5.74, 6) is -1.44. The molecule has 90 valence electrons. The van der Waals surface area contributed by atoms with Gasteiger partial charge in [-0.1, -0.05) is 18.2 Å². The Labute approximate surface area is 98.7 Å². The van der Waals surface area contributed by atoms with Gasteiger partial charge in [-0.25, -0.2) is 9.59 Å². The normalized spacial score (nSPS) is 10.2. The van der Waals surface area contributed by atoms with E-state index < -0.39 is 11.9 Å². The van der Waals surface area contributed by atoms with E-state index in [4.69, 9.17) is 5.11 Å². The summed E-state index contributed by atoms with van der Waals surface area (Å²) in [5.41, 5.74) is 1.02. The number of esters is 1. The van der Waals surface area contributed by atoms with Crippen LogP contribution < -0.4 is 5.32 Å². The van der Waals surface area contributed by atoms with Crippen molar-refractivity contribution in [2.75, 3.05) is 19.0 Å². The molecular weight excluding hydrogens is 222 g/mol. The van der Waals surface area contributed by atoms with Crippen molar-refractivity contribution in [3.63, 3.8) is 0 Å². The van der Waals surface area contributed by atoms with Gasteiger partial charge >= 0.3 is 11.9 Å². The van der Waals surface area contributed by atoms with E-state index in [9.17, 15) is 9.59 Å². The molecule has 1 aromatic carbocycles. The second-order valence-corrected chi connectivity index (χ2v) is 3.16.